The lowest BCUT2D eigenvalue weighted by Crippen LogP contribution is -2.02. The number of rotatable bonds is 5. The van der Waals surface area contributed by atoms with Gasteiger partial charge in [0.15, 0.2) is 0 Å². The van der Waals surface area contributed by atoms with Crippen LogP contribution in [0.15, 0.2) is 85.1 Å². The van der Waals surface area contributed by atoms with Crippen molar-refractivity contribution < 1.29 is 9.90 Å². The van der Waals surface area contributed by atoms with Gasteiger partial charge >= 0.3 is 5.97 Å². The van der Waals surface area contributed by atoms with Crippen molar-refractivity contribution in [3.8, 4) is 11.1 Å². The molecule has 0 radical (unpaired) electrons. The Labute approximate surface area is 152 Å². The second kappa shape index (κ2) is 6.89. The quantitative estimate of drug-likeness (QED) is 0.556. The van der Waals surface area contributed by atoms with Crippen LogP contribution in [0.2, 0.25) is 0 Å². The summed E-state index contributed by atoms with van der Waals surface area (Å²) >= 11 is 0. The lowest BCUT2D eigenvalue weighted by Gasteiger charge is -2.12. The molecule has 4 aromatic rings. The number of fused-ring (bicyclic) bond motifs is 1. The molecule has 3 aromatic carbocycles. The molecule has 26 heavy (non-hydrogen) atoms. The Morgan fingerprint density at radius 2 is 1.65 bits per heavy atom. The van der Waals surface area contributed by atoms with Crippen molar-refractivity contribution in [2.75, 3.05) is 0 Å². The number of aromatic nitrogens is 1. The van der Waals surface area contributed by atoms with Crippen molar-refractivity contribution in [1.29, 1.82) is 0 Å². The van der Waals surface area contributed by atoms with E-state index in [0.717, 1.165) is 23.0 Å². The Morgan fingerprint density at radius 3 is 2.46 bits per heavy atom. The summed E-state index contributed by atoms with van der Waals surface area (Å²) in [6.45, 7) is 0.741. The van der Waals surface area contributed by atoms with Gasteiger partial charge in [-0.2, -0.15) is 0 Å². The van der Waals surface area contributed by atoms with Crippen molar-refractivity contribution in [3.63, 3.8) is 0 Å². The molecule has 0 unspecified atom stereocenters. The first-order chi connectivity index (χ1) is 12.7. The fourth-order valence-corrected chi connectivity index (χ4v) is 3.39. The predicted molar refractivity (Wildman–Crippen MR) is 104 cm³/mol. The summed E-state index contributed by atoms with van der Waals surface area (Å²) in [7, 11) is 0. The fourth-order valence-electron chi connectivity index (χ4n) is 3.39. The summed E-state index contributed by atoms with van der Waals surface area (Å²) in [6.07, 6.45) is 2.11. The molecule has 0 bridgehead atoms. The Balaban J connectivity index is 1.73. The van der Waals surface area contributed by atoms with E-state index in [1.807, 2.05) is 24.3 Å². The zero-order chi connectivity index (χ0) is 17.9. The van der Waals surface area contributed by atoms with E-state index in [-0.39, 0.29) is 6.42 Å². The van der Waals surface area contributed by atoms with E-state index in [1.54, 1.807) is 0 Å². The molecule has 4 rings (SSSR count). The van der Waals surface area contributed by atoms with Crippen LogP contribution in [0.3, 0.4) is 0 Å². The van der Waals surface area contributed by atoms with Crippen molar-refractivity contribution in [1.82, 2.24) is 4.57 Å². The lowest BCUT2D eigenvalue weighted by molar-refractivity contribution is -0.136. The summed E-state index contributed by atoms with van der Waals surface area (Å²) in [4.78, 5) is 11.0. The molecule has 128 valence electrons. The predicted octanol–water partition coefficient (Wildman–Crippen LogP) is 4.98. The number of benzene rings is 3. The Hall–Kier alpha value is -3.33. The smallest absolute Gasteiger partial charge is 0.307 e. The van der Waals surface area contributed by atoms with Gasteiger partial charge in [-0.05, 0) is 39.8 Å². The highest BCUT2D eigenvalue weighted by Crippen LogP contribution is 2.26. The van der Waals surface area contributed by atoms with Crippen LogP contribution < -0.4 is 0 Å². The van der Waals surface area contributed by atoms with Crippen LogP contribution in [0.4, 0.5) is 0 Å². The van der Waals surface area contributed by atoms with E-state index < -0.39 is 5.97 Å². The molecule has 0 spiro atoms. The molecule has 0 aliphatic heterocycles. The molecular weight excluding hydrogens is 322 g/mol. The maximum Gasteiger partial charge on any atom is 0.307 e. The highest BCUT2D eigenvalue weighted by atomic mass is 16.4. The molecule has 0 fully saturated rings. The van der Waals surface area contributed by atoms with Crippen LogP contribution in [0.25, 0.3) is 22.0 Å². The van der Waals surface area contributed by atoms with E-state index in [9.17, 15) is 4.79 Å². The first-order valence-electron chi connectivity index (χ1n) is 8.63. The summed E-state index contributed by atoms with van der Waals surface area (Å²) in [5, 5.41) is 10.2. The van der Waals surface area contributed by atoms with Gasteiger partial charge in [-0.15, -0.1) is 0 Å². The van der Waals surface area contributed by atoms with Crippen LogP contribution in [0.1, 0.15) is 11.1 Å². The van der Waals surface area contributed by atoms with Crippen molar-refractivity contribution in [2.45, 2.75) is 13.0 Å². The standard InChI is InChI=1S/C23H19NO2/c25-23(26)15-17-10-11-19-12-13-24(22(19)14-17)16-20-8-4-5-9-21(20)18-6-2-1-3-7-18/h1-14H,15-16H2,(H,25,26). The van der Waals surface area contributed by atoms with Crippen LogP contribution in [-0.4, -0.2) is 15.6 Å². The number of aliphatic carboxylic acids is 1. The molecule has 0 saturated carbocycles. The minimum atomic E-state index is -0.808. The maximum absolute atomic E-state index is 11.0. The normalized spacial score (nSPS) is 10.9. The summed E-state index contributed by atoms with van der Waals surface area (Å²) in [5.74, 6) is -0.808. The molecule has 0 saturated heterocycles. The van der Waals surface area contributed by atoms with Gasteiger partial charge in [0.05, 0.1) is 6.42 Å². The maximum atomic E-state index is 11.0. The first-order valence-corrected chi connectivity index (χ1v) is 8.63. The number of carboxylic acid groups (broad SMARTS) is 1. The molecule has 3 heteroatoms. The second-order valence-corrected chi connectivity index (χ2v) is 6.43. The van der Waals surface area contributed by atoms with Gasteiger partial charge in [0.25, 0.3) is 0 Å². The number of nitrogens with zero attached hydrogens (tertiary/aromatic N) is 1. The third-order valence-electron chi connectivity index (χ3n) is 4.64. The van der Waals surface area contributed by atoms with Crippen molar-refractivity contribution >= 4 is 16.9 Å². The lowest BCUT2D eigenvalue weighted by atomic mass is 9.99. The van der Waals surface area contributed by atoms with Crippen LogP contribution >= 0.6 is 0 Å². The first kappa shape index (κ1) is 16.2. The van der Waals surface area contributed by atoms with E-state index >= 15 is 0 Å². The number of hydrogen-bond donors (Lipinski definition) is 1. The van der Waals surface area contributed by atoms with E-state index in [0.29, 0.717) is 0 Å². The highest BCUT2D eigenvalue weighted by Gasteiger charge is 2.09. The van der Waals surface area contributed by atoms with Gasteiger partial charge in [-0.25, -0.2) is 0 Å². The third-order valence-corrected chi connectivity index (χ3v) is 4.64. The average molecular weight is 341 g/mol. The van der Waals surface area contributed by atoms with E-state index in [1.165, 1.54) is 16.7 Å². The molecule has 0 amide bonds. The van der Waals surface area contributed by atoms with E-state index in [2.05, 4.69) is 65.4 Å². The van der Waals surface area contributed by atoms with Gasteiger partial charge in [-0.3, -0.25) is 4.79 Å². The Morgan fingerprint density at radius 1 is 0.885 bits per heavy atom. The molecule has 1 aromatic heterocycles. The number of carboxylic acids is 1. The van der Waals surface area contributed by atoms with Crippen molar-refractivity contribution in [2.24, 2.45) is 0 Å². The Kier molecular flexibility index (Phi) is 4.28. The van der Waals surface area contributed by atoms with Crippen molar-refractivity contribution in [3.05, 3.63) is 96.2 Å². The minimum absolute atomic E-state index is 0.0434. The SMILES string of the molecule is O=C(O)Cc1ccc2ccn(Cc3ccccc3-c3ccccc3)c2c1. The van der Waals surface area contributed by atoms with Crippen LogP contribution in [0, 0.1) is 0 Å². The van der Waals surface area contributed by atoms with Gasteiger partial charge in [0, 0.05) is 18.3 Å². The number of carbonyl (C=O) groups is 1. The second-order valence-electron chi connectivity index (χ2n) is 6.43. The monoisotopic (exact) mass is 341 g/mol. The molecule has 0 aliphatic rings. The van der Waals surface area contributed by atoms with Gasteiger partial charge < -0.3 is 9.67 Å². The van der Waals surface area contributed by atoms with E-state index in [4.69, 9.17) is 5.11 Å². The fraction of sp³-hybridized carbons (Fsp3) is 0.0870. The summed E-state index contributed by atoms with van der Waals surface area (Å²) in [6, 6.07) is 26.7. The molecule has 3 nitrogen and oxygen atoms in total. The molecule has 0 atom stereocenters. The minimum Gasteiger partial charge on any atom is -0.481 e. The average Bonchev–Trinajstić information content (AvgIpc) is 3.05. The number of hydrogen-bond acceptors (Lipinski definition) is 1. The molecule has 1 heterocycles. The third kappa shape index (κ3) is 3.24. The van der Waals surface area contributed by atoms with Crippen LogP contribution in [-0.2, 0) is 17.8 Å². The highest BCUT2D eigenvalue weighted by molar-refractivity contribution is 5.82. The van der Waals surface area contributed by atoms with Crippen LogP contribution in [0.5, 0.6) is 0 Å². The zero-order valence-corrected chi connectivity index (χ0v) is 14.3. The van der Waals surface area contributed by atoms with Gasteiger partial charge in [-0.1, -0.05) is 66.7 Å². The topological polar surface area (TPSA) is 42.2 Å². The Bertz CT molecular complexity index is 1060. The molecular formula is C23H19NO2. The molecule has 1 N–H and O–H groups in total. The summed E-state index contributed by atoms with van der Waals surface area (Å²) < 4.78 is 2.18. The zero-order valence-electron chi connectivity index (χ0n) is 14.3. The molecule has 0 aliphatic carbocycles. The van der Waals surface area contributed by atoms with Gasteiger partial charge in [0.2, 0.25) is 0 Å². The van der Waals surface area contributed by atoms with Gasteiger partial charge in [0.1, 0.15) is 0 Å². The summed E-state index contributed by atoms with van der Waals surface area (Å²) in [5.41, 5.74) is 5.54. The largest absolute Gasteiger partial charge is 0.481 e.